The summed E-state index contributed by atoms with van der Waals surface area (Å²) in [4.78, 5) is 26.2. The Balaban J connectivity index is 1.51. The van der Waals surface area contributed by atoms with Crippen LogP contribution in [-0.2, 0) is 15.8 Å². The summed E-state index contributed by atoms with van der Waals surface area (Å²) < 4.78 is 38.1. The summed E-state index contributed by atoms with van der Waals surface area (Å²) in [6, 6.07) is 4.28. The fourth-order valence-corrected chi connectivity index (χ4v) is 4.04. The molecule has 9 heteroatoms. The molecule has 0 saturated carbocycles. The lowest BCUT2D eigenvalue weighted by Crippen LogP contribution is -2.42. The molecule has 1 aromatic carbocycles. The third-order valence-corrected chi connectivity index (χ3v) is 5.45. The lowest BCUT2D eigenvalue weighted by molar-refractivity contribution is -0.137. The van der Waals surface area contributed by atoms with Crippen molar-refractivity contribution < 1.29 is 22.8 Å². The van der Waals surface area contributed by atoms with E-state index < -0.39 is 17.6 Å². The molecular weight excluding hydrogens is 379 g/mol. The summed E-state index contributed by atoms with van der Waals surface area (Å²) in [5.41, 5.74) is -0.462. The minimum Gasteiger partial charge on any atom is -0.348 e. The monoisotopic (exact) mass is 399 g/mol. The van der Waals surface area contributed by atoms with E-state index in [1.807, 2.05) is 0 Å². The average Bonchev–Trinajstić information content (AvgIpc) is 3.31. The fourth-order valence-electron chi connectivity index (χ4n) is 3.08. The normalized spacial score (nSPS) is 23.1. The van der Waals surface area contributed by atoms with Crippen molar-refractivity contribution in [3.8, 4) is 0 Å². The van der Waals surface area contributed by atoms with E-state index in [9.17, 15) is 22.8 Å². The van der Waals surface area contributed by atoms with Crippen molar-refractivity contribution in [2.75, 3.05) is 24.7 Å². The molecule has 146 valence electrons. The third-order valence-electron chi connectivity index (χ3n) is 4.48. The predicted octanol–water partition coefficient (Wildman–Crippen LogP) is 2.10. The molecule has 2 atom stereocenters. The van der Waals surface area contributed by atoms with Crippen LogP contribution in [-0.4, -0.2) is 53.5 Å². The Bertz CT molecular complexity index is 733. The Hall–Kier alpha value is -2.00. The number of nitrogens with one attached hydrogen (secondary N) is 2. The van der Waals surface area contributed by atoms with Gasteiger partial charge in [-0.3, -0.25) is 9.59 Å². The van der Waals surface area contributed by atoms with Gasteiger partial charge in [-0.1, -0.05) is 12.1 Å². The zero-order valence-corrected chi connectivity index (χ0v) is 15.3. The van der Waals surface area contributed by atoms with Gasteiger partial charge in [-0.05, 0) is 30.2 Å². The molecule has 5 nitrogen and oxygen atoms in total. The van der Waals surface area contributed by atoms with Crippen LogP contribution in [0.3, 0.4) is 0 Å². The maximum absolute atomic E-state index is 12.7. The molecule has 2 heterocycles. The van der Waals surface area contributed by atoms with E-state index in [1.165, 1.54) is 24.3 Å². The first kappa shape index (κ1) is 19.8. The average molecular weight is 399 g/mol. The van der Waals surface area contributed by atoms with Gasteiger partial charge in [0.1, 0.15) is 0 Å². The molecular formula is C18H20F3N3O2S. The summed E-state index contributed by atoms with van der Waals surface area (Å²) in [5.74, 6) is 1.30. The predicted molar refractivity (Wildman–Crippen MR) is 97.9 cm³/mol. The summed E-state index contributed by atoms with van der Waals surface area (Å²) in [6.45, 7) is 1.24. The number of hydrogen-bond donors (Lipinski definition) is 2. The summed E-state index contributed by atoms with van der Waals surface area (Å²) >= 11 is 1.72. The molecule has 2 saturated heterocycles. The SMILES string of the molecule is O=C(C=Cc1cccc(C(F)(F)F)c1)N[C@@H]1CN[C@H](C(=O)N2CCSC2)C1. The number of nitrogens with zero attached hydrogens (tertiary/aromatic N) is 1. The maximum atomic E-state index is 12.7. The molecule has 2 N–H and O–H groups in total. The summed E-state index contributed by atoms with van der Waals surface area (Å²) in [5, 5.41) is 5.91. The zero-order chi connectivity index (χ0) is 19.4. The highest BCUT2D eigenvalue weighted by Crippen LogP contribution is 2.29. The van der Waals surface area contributed by atoms with Crippen LogP contribution in [0, 0.1) is 0 Å². The summed E-state index contributed by atoms with van der Waals surface area (Å²) in [6.07, 6.45) is -1.36. The third kappa shape index (κ3) is 5.26. The van der Waals surface area contributed by atoms with Crippen molar-refractivity contribution in [1.82, 2.24) is 15.5 Å². The van der Waals surface area contributed by atoms with Crippen LogP contribution in [0.15, 0.2) is 30.3 Å². The number of rotatable bonds is 4. The number of amides is 2. The van der Waals surface area contributed by atoms with Crippen molar-refractivity contribution in [3.05, 3.63) is 41.5 Å². The van der Waals surface area contributed by atoms with E-state index in [1.54, 1.807) is 16.7 Å². The molecule has 2 aliphatic rings. The van der Waals surface area contributed by atoms with Gasteiger partial charge in [0.15, 0.2) is 0 Å². The highest BCUT2D eigenvalue weighted by Gasteiger charge is 2.33. The van der Waals surface area contributed by atoms with Gasteiger partial charge in [0, 0.05) is 31.0 Å². The Labute approximate surface area is 159 Å². The lowest BCUT2D eigenvalue weighted by atomic mass is 10.1. The Kier molecular flexibility index (Phi) is 6.11. The molecule has 0 spiro atoms. The smallest absolute Gasteiger partial charge is 0.348 e. The van der Waals surface area contributed by atoms with E-state index in [0.717, 1.165) is 24.4 Å². The second-order valence-corrected chi connectivity index (χ2v) is 7.57. The molecule has 27 heavy (non-hydrogen) atoms. The topological polar surface area (TPSA) is 61.4 Å². The molecule has 0 aliphatic carbocycles. The number of alkyl halides is 3. The van der Waals surface area contributed by atoms with Gasteiger partial charge in [-0.15, -0.1) is 11.8 Å². The molecule has 0 bridgehead atoms. The fraction of sp³-hybridized carbons (Fsp3) is 0.444. The minimum absolute atomic E-state index is 0.0521. The Morgan fingerprint density at radius 3 is 2.85 bits per heavy atom. The van der Waals surface area contributed by atoms with E-state index in [4.69, 9.17) is 0 Å². The zero-order valence-electron chi connectivity index (χ0n) is 14.5. The van der Waals surface area contributed by atoms with Crippen LogP contribution in [0.5, 0.6) is 0 Å². The van der Waals surface area contributed by atoms with Gasteiger partial charge in [0.2, 0.25) is 11.8 Å². The Morgan fingerprint density at radius 2 is 2.15 bits per heavy atom. The van der Waals surface area contributed by atoms with Crippen LogP contribution in [0.4, 0.5) is 13.2 Å². The lowest BCUT2D eigenvalue weighted by Gasteiger charge is -2.19. The second kappa shape index (κ2) is 8.35. The van der Waals surface area contributed by atoms with Gasteiger partial charge in [0.05, 0.1) is 17.5 Å². The van der Waals surface area contributed by atoms with Gasteiger partial charge in [-0.25, -0.2) is 0 Å². The molecule has 2 fully saturated rings. The van der Waals surface area contributed by atoms with Crippen LogP contribution in [0.25, 0.3) is 6.08 Å². The molecule has 2 aliphatic heterocycles. The van der Waals surface area contributed by atoms with Gasteiger partial charge < -0.3 is 15.5 Å². The van der Waals surface area contributed by atoms with Crippen molar-refractivity contribution in [2.24, 2.45) is 0 Å². The number of thioether (sulfide) groups is 1. The minimum atomic E-state index is -4.42. The first-order valence-corrected chi connectivity index (χ1v) is 9.74. The van der Waals surface area contributed by atoms with Crippen molar-refractivity contribution >= 4 is 29.7 Å². The molecule has 3 rings (SSSR count). The van der Waals surface area contributed by atoms with Gasteiger partial charge in [-0.2, -0.15) is 13.2 Å². The van der Waals surface area contributed by atoms with Gasteiger partial charge >= 0.3 is 6.18 Å². The number of benzene rings is 1. The number of carbonyl (C=O) groups excluding carboxylic acids is 2. The largest absolute Gasteiger partial charge is 0.416 e. The van der Waals surface area contributed by atoms with E-state index >= 15 is 0 Å². The highest BCUT2D eigenvalue weighted by molar-refractivity contribution is 7.99. The van der Waals surface area contributed by atoms with Crippen molar-refractivity contribution in [2.45, 2.75) is 24.7 Å². The highest BCUT2D eigenvalue weighted by atomic mass is 32.2. The van der Waals surface area contributed by atoms with Crippen molar-refractivity contribution in [1.29, 1.82) is 0 Å². The first-order valence-electron chi connectivity index (χ1n) is 8.58. The molecule has 0 radical (unpaired) electrons. The molecule has 0 aromatic heterocycles. The second-order valence-electron chi connectivity index (χ2n) is 6.50. The number of halogens is 3. The standard InChI is InChI=1S/C18H20F3N3O2S/c19-18(20,21)13-3-1-2-12(8-13)4-5-16(25)23-14-9-15(22-10-14)17(26)24-6-7-27-11-24/h1-5,8,14-15,22H,6-7,9-11H2,(H,23,25)/t14-,15-/m0/s1. The molecule has 0 unspecified atom stereocenters. The van der Waals surface area contributed by atoms with E-state index in [-0.39, 0.29) is 18.0 Å². The van der Waals surface area contributed by atoms with E-state index in [0.29, 0.717) is 24.4 Å². The number of hydrogen-bond acceptors (Lipinski definition) is 4. The van der Waals surface area contributed by atoms with Crippen LogP contribution in [0.1, 0.15) is 17.5 Å². The van der Waals surface area contributed by atoms with E-state index in [2.05, 4.69) is 10.6 Å². The number of carbonyl (C=O) groups is 2. The first-order chi connectivity index (χ1) is 12.8. The summed E-state index contributed by atoms with van der Waals surface area (Å²) in [7, 11) is 0. The maximum Gasteiger partial charge on any atom is 0.416 e. The quantitative estimate of drug-likeness (QED) is 0.762. The van der Waals surface area contributed by atoms with Crippen LogP contribution >= 0.6 is 11.8 Å². The molecule has 2 amide bonds. The molecule has 1 aromatic rings. The van der Waals surface area contributed by atoms with Crippen LogP contribution < -0.4 is 10.6 Å². The van der Waals surface area contributed by atoms with Crippen molar-refractivity contribution in [3.63, 3.8) is 0 Å². The van der Waals surface area contributed by atoms with Gasteiger partial charge in [0.25, 0.3) is 0 Å². The Morgan fingerprint density at radius 1 is 1.33 bits per heavy atom. The van der Waals surface area contributed by atoms with Crippen LogP contribution in [0.2, 0.25) is 0 Å².